The number of carbonyl (C=O) groups is 1. The molecular weight excluding hydrogens is 250 g/mol. The molecule has 0 spiro atoms. The molecule has 4 heteroatoms. The number of anilines is 1. The molecule has 0 aliphatic rings. The van der Waals surface area contributed by atoms with E-state index in [9.17, 15) is 4.79 Å². The lowest BCUT2D eigenvalue weighted by molar-refractivity contribution is 0.102. The monoisotopic (exact) mass is 271 g/mol. The van der Waals surface area contributed by atoms with E-state index in [1.54, 1.807) is 0 Å². The van der Waals surface area contributed by atoms with Gasteiger partial charge < -0.3 is 5.32 Å². The number of benzene rings is 1. The number of nitrogens with zero attached hydrogens (tertiary/aromatic N) is 1. The van der Waals surface area contributed by atoms with Gasteiger partial charge in [0.1, 0.15) is 0 Å². The van der Waals surface area contributed by atoms with Gasteiger partial charge in [0.15, 0.2) is 0 Å². The van der Waals surface area contributed by atoms with Gasteiger partial charge in [-0.25, -0.2) is 0 Å². The van der Waals surface area contributed by atoms with Gasteiger partial charge in [0.2, 0.25) is 0 Å². The van der Waals surface area contributed by atoms with E-state index in [2.05, 4.69) is 36.3 Å². The lowest BCUT2D eigenvalue weighted by Crippen LogP contribution is -2.14. The number of aromatic nitrogens is 2. The number of carbonyl (C=O) groups excluding carboxylic acids is 1. The molecule has 0 bridgehead atoms. The van der Waals surface area contributed by atoms with E-state index in [0.29, 0.717) is 11.3 Å². The predicted molar refractivity (Wildman–Crippen MR) is 81.2 cm³/mol. The second-order valence-corrected chi connectivity index (χ2v) is 6.09. The molecule has 1 aromatic carbocycles. The maximum absolute atomic E-state index is 12.2. The van der Waals surface area contributed by atoms with Gasteiger partial charge in [-0.3, -0.25) is 9.89 Å². The van der Waals surface area contributed by atoms with Crippen LogP contribution >= 0.6 is 0 Å². The smallest absolute Gasteiger partial charge is 0.259 e. The van der Waals surface area contributed by atoms with E-state index in [0.717, 1.165) is 11.4 Å². The number of rotatable bonds is 2. The van der Waals surface area contributed by atoms with Crippen molar-refractivity contribution < 1.29 is 4.79 Å². The average molecular weight is 271 g/mol. The minimum Gasteiger partial charge on any atom is -0.322 e. The Hall–Kier alpha value is -2.10. The molecule has 1 aromatic heterocycles. The van der Waals surface area contributed by atoms with E-state index in [1.807, 2.05) is 38.1 Å². The van der Waals surface area contributed by atoms with E-state index in [1.165, 1.54) is 5.56 Å². The molecule has 0 saturated heterocycles. The summed E-state index contributed by atoms with van der Waals surface area (Å²) < 4.78 is 0. The van der Waals surface area contributed by atoms with Gasteiger partial charge in [-0.05, 0) is 37.0 Å². The first-order chi connectivity index (χ1) is 9.29. The van der Waals surface area contributed by atoms with Crippen LogP contribution in [0.3, 0.4) is 0 Å². The first kappa shape index (κ1) is 14.3. The Morgan fingerprint density at radius 1 is 1.15 bits per heavy atom. The maximum atomic E-state index is 12.2. The normalized spacial score (nSPS) is 11.4. The van der Waals surface area contributed by atoms with Crippen LogP contribution in [-0.4, -0.2) is 16.1 Å². The highest BCUT2D eigenvalue weighted by atomic mass is 16.1. The fourth-order valence-electron chi connectivity index (χ4n) is 2.13. The van der Waals surface area contributed by atoms with Gasteiger partial charge in [-0.2, -0.15) is 5.10 Å². The van der Waals surface area contributed by atoms with Crippen molar-refractivity contribution in [3.63, 3.8) is 0 Å². The number of aryl methyl sites for hydroxylation is 2. The molecule has 0 aliphatic carbocycles. The van der Waals surface area contributed by atoms with Crippen LogP contribution in [0.1, 0.15) is 48.1 Å². The fraction of sp³-hybridized carbons (Fsp3) is 0.375. The number of nitrogens with one attached hydrogen (secondary N) is 2. The summed E-state index contributed by atoms with van der Waals surface area (Å²) in [6.07, 6.45) is 0. The Morgan fingerprint density at radius 2 is 1.75 bits per heavy atom. The van der Waals surface area contributed by atoms with Crippen molar-refractivity contribution in [2.24, 2.45) is 0 Å². The van der Waals surface area contributed by atoms with Crippen LogP contribution in [-0.2, 0) is 5.41 Å². The molecular formula is C16H21N3O. The predicted octanol–water partition coefficient (Wildman–Crippen LogP) is 3.58. The molecule has 20 heavy (non-hydrogen) atoms. The summed E-state index contributed by atoms with van der Waals surface area (Å²) in [5.74, 6) is -0.128. The minimum atomic E-state index is -0.128. The summed E-state index contributed by atoms with van der Waals surface area (Å²) in [5.41, 5.74) is 4.26. The molecule has 1 amide bonds. The molecule has 2 aromatic rings. The number of hydrogen-bond donors (Lipinski definition) is 2. The fourth-order valence-corrected chi connectivity index (χ4v) is 2.13. The van der Waals surface area contributed by atoms with Gasteiger partial charge in [-0.15, -0.1) is 0 Å². The molecule has 0 atom stereocenters. The highest BCUT2D eigenvalue weighted by Crippen LogP contribution is 2.23. The Bertz CT molecular complexity index is 599. The number of aromatic amines is 1. The van der Waals surface area contributed by atoms with Crippen LogP contribution in [0.25, 0.3) is 0 Å². The third-order valence-corrected chi connectivity index (χ3v) is 3.36. The molecule has 0 aliphatic heterocycles. The van der Waals surface area contributed by atoms with E-state index >= 15 is 0 Å². The van der Waals surface area contributed by atoms with Crippen LogP contribution in [0, 0.1) is 13.8 Å². The van der Waals surface area contributed by atoms with Crippen molar-refractivity contribution in [1.82, 2.24) is 10.2 Å². The van der Waals surface area contributed by atoms with E-state index < -0.39 is 0 Å². The highest BCUT2D eigenvalue weighted by Gasteiger charge is 2.16. The van der Waals surface area contributed by atoms with Gasteiger partial charge in [0.05, 0.1) is 11.3 Å². The third-order valence-electron chi connectivity index (χ3n) is 3.36. The SMILES string of the molecule is Cc1n[nH]c(C)c1C(=O)Nc1ccc(C(C)(C)C)cc1. The minimum absolute atomic E-state index is 0.111. The maximum Gasteiger partial charge on any atom is 0.259 e. The summed E-state index contributed by atoms with van der Waals surface area (Å²) in [6.45, 7) is 10.2. The second kappa shape index (κ2) is 5.12. The number of H-pyrrole nitrogens is 1. The standard InChI is InChI=1S/C16H21N3O/c1-10-14(11(2)19-18-10)15(20)17-13-8-6-12(7-9-13)16(3,4)5/h6-9H,1-5H3,(H,17,20)(H,18,19). The topological polar surface area (TPSA) is 57.8 Å². The first-order valence-corrected chi connectivity index (χ1v) is 6.72. The largest absolute Gasteiger partial charge is 0.322 e. The molecule has 2 N–H and O–H groups in total. The van der Waals surface area contributed by atoms with Gasteiger partial charge in [0, 0.05) is 11.4 Å². The van der Waals surface area contributed by atoms with Crippen molar-refractivity contribution in [2.75, 3.05) is 5.32 Å². The van der Waals surface area contributed by atoms with Gasteiger partial charge in [-0.1, -0.05) is 32.9 Å². The summed E-state index contributed by atoms with van der Waals surface area (Å²) in [4.78, 5) is 12.2. The number of amides is 1. The lowest BCUT2D eigenvalue weighted by Gasteiger charge is -2.19. The highest BCUT2D eigenvalue weighted by molar-refractivity contribution is 6.05. The molecule has 2 rings (SSSR count). The Balaban J connectivity index is 2.17. The molecule has 1 heterocycles. The molecule has 106 valence electrons. The van der Waals surface area contributed by atoms with Crippen molar-refractivity contribution in [3.05, 3.63) is 46.8 Å². The molecule has 0 saturated carbocycles. The van der Waals surface area contributed by atoms with E-state index in [-0.39, 0.29) is 11.3 Å². The second-order valence-electron chi connectivity index (χ2n) is 6.09. The summed E-state index contributed by atoms with van der Waals surface area (Å²) in [7, 11) is 0. The zero-order valence-corrected chi connectivity index (χ0v) is 12.7. The van der Waals surface area contributed by atoms with Gasteiger partial charge in [0.25, 0.3) is 5.91 Å². The van der Waals surface area contributed by atoms with Crippen LogP contribution in [0.4, 0.5) is 5.69 Å². The number of hydrogen-bond acceptors (Lipinski definition) is 2. The molecule has 0 fully saturated rings. The lowest BCUT2D eigenvalue weighted by atomic mass is 9.87. The van der Waals surface area contributed by atoms with Crippen molar-refractivity contribution in [3.8, 4) is 0 Å². The van der Waals surface area contributed by atoms with Crippen LogP contribution in [0.15, 0.2) is 24.3 Å². The van der Waals surface area contributed by atoms with E-state index in [4.69, 9.17) is 0 Å². The quantitative estimate of drug-likeness (QED) is 0.877. The Labute approximate surface area is 119 Å². The van der Waals surface area contributed by atoms with Crippen molar-refractivity contribution in [1.29, 1.82) is 0 Å². The van der Waals surface area contributed by atoms with Crippen molar-refractivity contribution >= 4 is 11.6 Å². The van der Waals surface area contributed by atoms with Gasteiger partial charge >= 0.3 is 0 Å². The van der Waals surface area contributed by atoms with Crippen LogP contribution < -0.4 is 5.32 Å². The van der Waals surface area contributed by atoms with Crippen LogP contribution in [0.2, 0.25) is 0 Å². The molecule has 0 unspecified atom stereocenters. The zero-order valence-electron chi connectivity index (χ0n) is 12.7. The Morgan fingerprint density at radius 3 is 2.20 bits per heavy atom. The van der Waals surface area contributed by atoms with Crippen LogP contribution in [0.5, 0.6) is 0 Å². The Kier molecular flexibility index (Phi) is 3.66. The molecule has 4 nitrogen and oxygen atoms in total. The summed E-state index contributed by atoms with van der Waals surface area (Å²) in [6, 6.07) is 7.96. The molecule has 0 radical (unpaired) electrons. The summed E-state index contributed by atoms with van der Waals surface area (Å²) >= 11 is 0. The zero-order chi connectivity index (χ0) is 14.9. The summed E-state index contributed by atoms with van der Waals surface area (Å²) in [5, 5.41) is 9.77. The first-order valence-electron chi connectivity index (χ1n) is 6.72. The average Bonchev–Trinajstić information content (AvgIpc) is 2.68. The third kappa shape index (κ3) is 2.90. The van der Waals surface area contributed by atoms with Crippen molar-refractivity contribution in [2.45, 2.75) is 40.0 Å².